The predicted octanol–water partition coefficient (Wildman–Crippen LogP) is 0.923. The van der Waals surface area contributed by atoms with Crippen molar-refractivity contribution in [2.45, 2.75) is 12.3 Å². The van der Waals surface area contributed by atoms with Crippen LogP contribution in [0.2, 0.25) is 0 Å². The summed E-state index contributed by atoms with van der Waals surface area (Å²) in [7, 11) is 0. The largest absolute Gasteiger partial charge is 0.464 e. The Morgan fingerprint density at radius 1 is 1.17 bits per heavy atom. The zero-order chi connectivity index (χ0) is 12.7. The SMILES string of the molecule is O=C1CC(c2cccc3occc(=O)c23)C(=O)N1. The Bertz CT molecular complexity index is 711. The second-order valence-electron chi connectivity index (χ2n) is 4.17. The lowest BCUT2D eigenvalue weighted by Crippen LogP contribution is -2.21. The van der Waals surface area contributed by atoms with Gasteiger partial charge in [-0.1, -0.05) is 12.1 Å². The molecule has 2 aromatic rings. The second kappa shape index (κ2) is 3.80. The first-order valence-corrected chi connectivity index (χ1v) is 5.51. The molecule has 3 rings (SSSR count). The van der Waals surface area contributed by atoms with Crippen LogP contribution in [-0.2, 0) is 9.59 Å². The summed E-state index contributed by atoms with van der Waals surface area (Å²) in [6.07, 6.45) is 1.39. The Kier molecular flexibility index (Phi) is 2.26. The monoisotopic (exact) mass is 243 g/mol. The van der Waals surface area contributed by atoms with Crippen LogP contribution in [0.15, 0.2) is 39.7 Å². The molecule has 18 heavy (non-hydrogen) atoms. The molecular formula is C13H9NO4. The highest BCUT2D eigenvalue weighted by atomic mass is 16.3. The molecule has 5 nitrogen and oxygen atoms in total. The molecule has 0 radical (unpaired) electrons. The van der Waals surface area contributed by atoms with Gasteiger partial charge in [0.25, 0.3) is 0 Å². The van der Waals surface area contributed by atoms with Crippen molar-refractivity contribution < 1.29 is 14.0 Å². The molecule has 1 atom stereocenters. The minimum absolute atomic E-state index is 0.0757. The quantitative estimate of drug-likeness (QED) is 0.756. The lowest BCUT2D eigenvalue weighted by molar-refractivity contribution is -0.125. The summed E-state index contributed by atoms with van der Waals surface area (Å²) in [5.41, 5.74) is 0.761. The van der Waals surface area contributed by atoms with E-state index < -0.39 is 5.92 Å². The third kappa shape index (κ3) is 1.52. The molecular weight excluding hydrogens is 234 g/mol. The molecule has 1 fully saturated rings. The molecule has 1 aromatic heterocycles. The number of fused-ring (bicyclic) bond motifs is 1. The van der Waals surface area contributed by atoms with Crippen LogP contribution in [0.1, 0.15) is 17.9 Å². The van der Waals surface area contributed by atoms with Gasteiger partial charge >= 0.3 is 0 Å². The molecule has 1 aromatic carbocycles. The van der Waals surface area contributed by atoms with Crippen LogP contribution in [0.25, 0.3) is 11.0 Å². The van der Waals surface area contributed by atoms with E-state index in [1.165, 1.54) is 12.3 Å². The molecule has 0 aliphatic carbocycles. The smallest absolute Gasteiger partial charge is 0.234 e. The first-order chi connectivity index (χ1) is 8.66. The Morgan fingerprint density at radius 2 is 2.00 bits per heavy atom. The first kappa shape index (κ1) is 10.7. The number of amides is 2. The maximum Gasteiger partial charge on any atom is 0.234 e. The number of imide groups is 1. The van der Waals surface area contributed by atoms with Crippen LogP contribution in [0.4, 0.5) is 0 Å². The fraction of sp³-hybridized carbons (Fsp3) is 0.154. The molecule has 1 aliphatic rings. The highest BCUT2D eigenvalue weighted by Crippen LogP contribution is 2.28. The van der Waals surface area contributed by atoms with Crippen LogP contribution < -0.4 is 10.7 Å². The van der Waals surface area contributed by atoms with E-state index >= 15 is 0 Å². The van der Waals surface area contributed by atoms with Crippen molar-refractivity contribution in [3.63, 3.8) is 0 Å². The standard InChI is InChI=1S/C13H9NO4/c15-9-4-5-18-10-3-1-2-7(12(9)10)8-6-11(16)14-13(8)17/h1-5,8H,6H2,(H,14,16,17). The van der Waals surface area contributed by atoms with E-state index in [9.17, 15) is 14.4 Å². The predicted molar refractivity (Wildman–Crippen MR) is 63.0 cm³/mol. The number of rotatable bonds is 1. The van der Waals surface area contributed by atoms with E-state index in [0.717, 1.165) is 0 Å². The van der Waals surface area contributed by atoms with Gasteiger partial charge in [-0.2, -0.15) is 0 Å². The summed E-state index contributed by atoms with van der Waals surface area (Å²) in [4.78, 5) is 34.8. The molecule has 90 valence electrons. The normalized spacial score (nSPS) is 19.2. The maximum absolute atomic E-state index is 11.9. The third-order valence-electron chi connectivity index (χ3n) is 3.06. The van der Waals surface area contributed by atoms with Gasteiger partial charge in [-0.05, 0) is 11.6 Å². The molecule has 1 N–H and O–H groups in total. The fourth-order valence-electron chi connectivity index (χ4n) is 2.26. The van der Waals surface area contributed by atoms with E-state index in [2.05, 4.69) is 5.32 Å². The topological polar surface area (TPSA) is 76.4 Å². The number of hydrogen-bond acceptors (Lipinski definition) is 4. The minimum Gasteiger partial charge on any atom is -0.464 e. The highest BCUT2D eigenvalue weighted by molar-refractivity contribution is 6.07. The number of benzene rings is 1. The van der Waals surface area contributed by atoms with Crippen molar-refractivity contribution >= 4 is 22.8 Å². The summed E-state index contributed by atoms with van der Waals surface area (Å²) in [5, 5.41) is 2.61. The Balaban J connectivity index is 2.27. The van der Waals surface area contributed by atoms with Gasteiger partial charge in [0.2, 0.25) is 11.8 Å². The average molecular weight is 243 g/mol. The van der Waals surface area contributed by atoms with Gasteiger partial charge in [-0.15, -0.1) is 0 Å². The van der Waals surface area contributed by atoms with Gasteiger partial charge in [-0.3, -0.25) is 19.7 Å². The van der Waals surface area contributed by atoms with Gasteiger partial charge in [-0.25, -0.2) is 0 Å². The summed E-state index contributed by atoms with van der Waals surface area (Å²) >= 11 is 0. The third-order valence-corrected chi connectivity index (χ3v) is 3.06. The molecule has 0 bridgehead atoms. The van der Waals surface area contributed by atoms with Crippen molar-refractivity contribution in [1.82, 2.24) is 5.32 Å². The molecule has 1 saturated heterocycles. The zero-order valence-corrected chi connectivity index (χ0v) is 9.30. The van der Waals surface area contributed by atoms with Crippen molar-refractivity contribution in [2.75, 3.05) is 0 Å². The van der Waals surface area contributed by atoms with E-state index in [4.69, 9.17) is 4.42 Å². The van der Waals surface area contributed by atoms with Gasteiger partial charge in [0.05, 0.1) is 17.6 Å². The molecule has 0 spiro atoms. The minimum atomic E-state index is -0.605. The van der Waals surface area contributed by atoms with E-state index in [0.29, 0.717) is 16.5 Å². The molecule has 0 saturated carbocycles. The molecule has 1 unspecified atom stereocenters. The summed E-state index contributed by atoms with van der Waals surface area (Å²) < 4.78 is 5.24. The summed E-state index contributed by atoms with van der Waals surface area (Å²) in [6, 6.07) is 6.36. The number of carbonyl (C=O) groups is 2. The number of hydrogen-bond donors (Lipinski definition) is 1. The second-order valence-corrected chi connectivity index (χ2v) is 4.17. The fourth-order valence-corrected chi connectivity index (χ4v) is 2.26. The molecule has 1 aliphatic heterocycles. The molecule has 2 heterocycles. The van der Waals surface area contributed by atoms with Gasteiger partial charge in [0, 0.05) is 12.5 Å². The average Bonchev–Trinajstić information content (AvgIpc) is 2.68. The van der Waals surface area contributed by atoms with Crippen molar-refractivity contribution in [2.24, 2.45) is 0 Å². The van der Waals surface area contributed by atoms with Crippen molar-refractivity contribution in [3.05, 3.63) is 46.3 Å². The van der Waals surface area contributed by atoms with Gasteiger partial charge in [0.15, 0.2) is 5.43 Å². The highest BCUT2D eigenvalue weighted by Gasteiger charge is 2.33. The Hall–Kier alpha value is -2.43. The van der Waals surface area contributed by atoms with E-state index in [-0.39, 0.29) is 23.7 Å². The molecule has 5 heteroatoms. The van der Waals surface area contributed by atoms with Crippen LogP contribution in [0.3, 0.4) is 0 Å². The van der Waals surface area contributed by atoms with Crippen LogP contribution in [0.5, 0.6) is 0 Å². The maximum atomic E-state index is 11.9. The van der Waals surface area contributed by atoms with E-state index in [1.54, 1.807) is 18.2 Å². The lowest BCUT2D eigenvalue weighted by atomic mass is 9.94. The lowest BCUT2D eigenvalue weighted by Gasteiger charge is -2.08. The number of carbonyl (C=O) groups excluding carboxylic acids is 2. The summed E-state index contributed by atoms with van der Waals surface area (Å²) in [5.74, 6) is -1.29. The van der Waals surface area contributed by atoms with Gasteiger partial charge < -0.3 is 4.42 Å². The zero-order valence-electron chi connectivity index (χ0n) is 9.30. The van der Waals surface area contributed by atoms with Gasteiger partial charge in [0.1, 0.15) is 5.58 Å². The Morgan fingerprint density at radius 3 is 2.72 bits per heavy atom. The van der Waals surface area contributed by atoms with Crippen molar-refractivity contribution in [1.29, 1.82) is 0 Å². The number of nitrogens with one attached hydrogen (secondary N) is 1. The molecule has 2 amide bonds. The summed E-state index contributed by atoms with van der Waals surface area (Å²) in [6.45, 7) is 0. The van der Waals surface area contributed by atoms with E-state index in [1.807, 2.05) is 0 Å². The van der Waals surface area contributed by atoms with Crippen LogP contribution in [0, 0.1) is 0 Å². The Labute approximate surface area is 101 Å². The van der Waals surface area contributed by atoms with Crippen LogP contribution >= 0.6 is 0 Å². The first-order valence-electron chi connectivity index (χ1n) is 5.51. The van der Waals surface area contributed by atoms with Crippen molar-refractivity contribution in [3.8, 4) is 0 Å². The van der Waals surface area contributed by atoms with Crippen LogP contribution in [-0.4, -0.2) is 11.8 Å².